The molecule has 0 bridgehead atoms. The van der Waals surface area contributed by atoms with Crippen LogP contribution in [0.25, 0.3) is 10.9 Å². The zero-order valence-electron chi connectivity index (χ0n) is 12.4. The molecule has 102 valence electrons. The van der Waals surface area contributed by atoms with Crippen molar-refractivity contribution in [3.05, 3.63) is 71.4 Å². The summed E-state index contributed by atoms with van der Waals surface area (Å²) in [6.45, 7) is 4.57. The lowest BCUT2D eigenvalue weighted by Gasteiger charge is -2.13. The van der Waals surface area contributed by atoms with Crippen LogP contribution in [-0.4, -0.2) is 4.57 Å². The second kappa shape index (κ2) is 5.16. The molecule has 1 nitrogen and oxygen atoms in total. The maximum Gasteiger partial charge on any atom is 0.0482 e. The van der Waals surface area contributed by atoms with Crippen molar-refractivity contribution >= 4 is 10.9 Å². The number of aryl methyl sites for hydroxylation is 1. The van der Waals surface area contributed by atoms with Gasteiger partial charge >= 0.3 is 0 Å². The van der Waals surface area contributed by atoms with E-state index in [-0.39, 0.29) is 0 Å². The standard InChI is InChI=1S/C19H21N/c1-14(13-16-9-5-4-6-10-16)19-15(2)20(3)18-12-8-7-11-17(18)19/h4-12,14H,13H2,1-3H3. The number of nitrogens with zero attached hydrogens (tertiary/aromatic N) is 1. The van der Waals surface area contributed by atoms with Crippen molar-refractivity contribution in [3.63, 3.8) is 0 Å². The molecular weight excluding hydrogens is 242 g/mol. The fourth-order valence-electron chi connectivity index (χ4n) is 3.24. The van der Waals surface area contributed by atoms with Crippen LogP contribution in [0.3, 0.4) is 0 Å². The highest BCUT2D eigenvalue weighted by atomic mass is 14.9. The van der Waals surface area contributed by atoms with Crippen molar-refractivity contribution in [2.45, 2.75) is 26.2 Å². The fraction of sp³-hybridized carbons (Fsp3) is 0.263. The van der Waals surface area contributed by atoms with Crippen molar-refractivity contribution in [3.8, 4) is 0 Å². The van der Waals surface area contributed by atoms with Crippen LogP contribution in [0.4, 0.5) is 0 Å². The Labute approximate surface area is 120 Å². The first-order chi connectivity index (χ1) is 9.68. The van der Waals surface area contributed by atoms with Crippen LogP contribution in [0.15, 0.2) is 54.6 Å². The third kappa shape index (κ3) is 2.14. The van der Waals surface area contributed by atoms with Crippen LogP contribution in [0.1, 0.15) is 29.7 Å². The van der Waals surface area contributed by atoms with E-state index in [0.717, 1.165) is 6.42 Å². The molecule has 0 radical (unpaired) electrons. The molecule has 1 atom stereocenters. The lowest BCUT2D eigenvalue weighted by Crippen LogP contribution is -2.01. The quantitative estimate of drug-likeness (QED) is 0.637. The highest BCUT2D eigenvalue weighted by Crippen LogP contribution is 2.32. The summed E-state index contributed by atoms with van der Waals surface area (Å²) in [5.41, 5.74) is 5.62. The molecule has 0 N–H and O–H groups in total. The molecular formula is C19H21N. The summed E-state index contributed by atoms with van der Waals surface area (Å²) in [4.78, 5) is 0. The minimum Gasteiger partial charge on any atom is -0.348 e. The summed E-state index contributed by atoms with van der Waals surface area (Å²) in [5.74, 6) is 0.531. The van der Waals surface area contributed by atoms with Gasteiger partial charge in [-0.2, -0.15) is 0 Å². The maximum absolute atomic E-state index is 2.34. The van der Waals surface area contributed by atoms with E-state index in [2.05, 4.69) is 80.1 Å². The van der Waals surface area contributed by atoms with Gasteiger partial charge in [-0.3, -0.25) is 0 Å². The van der Waals surface area contributed by atoms with Crippen molar-refractivity contribution in [1.82, 2.24) is 4.57 Å². The van der Waals surface area contributed by atoms with Crippen LogP contribution in [0.5, 0.6) is 0 Å². The van der Waals surface area contributed by atoms with E-state index in [1.165, 1.54) is 27.7 Å². The first-order valence-corrected chi connectivity index (χ1v) is 7.26. The highest BCUT2D eigenvalue weighted by Gasteiger charge is 2.17. The summed E-state index contributed by atoms with van der Waals surface area (Å²) < 4.78 is 2.31. The molecule has 1 heteroatoms. The Kier molecular flexibility index (Phi) is 3.35. The molecule has 0 amide bonds. The third-order valence-electron chi connectivity index (χ3n) is 4.33. The number of fused-ring (bicyclic) bond motifs is 1. The van der Waals surface area contributed by atoms with Gasteiger partial charge in [0.1, 0.15) is 0 Å². The molecule has 3 rings (SSSR count). The minimum atomic E-state index is 0.531. The predicted molar refractivity (Wildman–Crippen MR) is 86.2 cm³/mol. The van der Waals surface area contributed by atoms with Crippen molar-refractivity contribution < 1.29 is 0 Å². The highest BCUT2D eigenvalue weighted by molar-refractivity contribution is 5.86. The van der Waals surface area contributed by atoms with Gasteiger partial charge in [-0.15, -0.1) is 0 Å². The molecule has 20 heavy (non-hydrogen) atoms. The number of benzene rings is 2. The molecule has 0 aliphatic rings. The molecule has 1 heterocycles. The normalized spacial score (nSPS) is 12.8. The SMILES string of the molecule is Cc1c(C(C)Cc2ccccc2)c2ccccc2n1C. The Morgan fingerprint density at radius 1 is 0.950 bits per heavy atom. The van der Waals surface area contributed by atoms with Crippen LogP contribution in [0, 0.1) is 6.92 Å². The fourth-order valence-corrected chi connectivity index (χ4v) is 3.24. The summed E-state index contributed by atoms with van der Waals surface area (Å²) >= 11 is 0. The van der Waals surface area contributed by atoms with Crippen molar-refractivity contribution in [2.75, 3.05) is 0 Å². The molecule has 0 saturated heterocycles. The lowest BCUT2D eigenvalue weighted by atomic mass is 9.91. The second-order valence-electron chi connectivity index (χ2n) is 5.67. The van der Waals surface area contributed by atoms with E-state index in [0.29, 0.717) is 5.92 Å². The number of hydrogen-bond donors (Lipinski definition) is 0. The zero-order chi connectivity index (χ0) is 14.1. The van der Waals surface area contributed by atoms with Gasteiger partial charge in [0.15, 0.2) is 0 Å². The topological polar surface area (TPSA) is 4.93 Å². The maximum atomic E-state index is 2.34. The third-order valence-corrected chi connectivity index (χ3v) is 4.33. The largest absolute Gasteiger partial charge is 0.348 e. The van der Waals surface area contributed by atoms with E-state index >= 15 is 0 Å². The molecule has 0 aliphatic heterocycles. The molecule has 3 aromatic rings. The van der Waals surface area contributed by atoms with E-state index < -0.39 is 0 Å². The number of para-hydroxylation sites is 1. The molecule has 0 aliphatic carbocycles. The van der Waals surface area contributed by atoms with Crippen LogP contribution in [0.2, 0.25) is 0 Å². The number of aromatic nitrogens is 1. The van der Waals surface area contributed by atoms with Gasteiger partial charge in [-0.05, 0) is 36.5 Å². The first kappa shape index (κ1) is 13.0. The van der Waals surface area contributed by atoms with Crippen LogP contribution >= 0.6 is 0 Å². The summed E-state index contributed by atoms with van der Waals surface area (Å²) in [7, 11) is 2.16. The zero-order valence-corrected chi connectivity index (χ0v) is 12.4. The van der Waals surface area contributed by atoms with Gasteiger partial charge in [0.05, 0.1) is 0 Å². The molecule has 2 aromatic carbocycles. The van der Waals surface area contributed by atoms with Gasteiger partial charge in [-0.1, -0.05) is 55.5 Å². The van der Waals surface area contributed by atoms with Gasteiger partial charge in [0, 0.05) is 23.6 Å². The second-order valence-corrected chi connectivity index (χ2v) is 5.67. The van der Waals surface area contributed by atoms with E-state index in [9.17, 15) is 0 Å². The molecule has 0 saturated carbocycles. The molecule has 0 fully saturated rings. The minimum absolute atomic E-state index is 0.531. The summed E-state index contributed by atoms with van der Waals surface area (Å²) in [6, 6.07) is 19.5. The lowest BCUT2D eigenvalue weighted by molar-refractivity contribution is 0.747. The van der Waals surface area contributed by atoms with Gasteiger partial charge < -0.3 is 4.57 Å². The van der Waals surface area contributed by atoms with Gasteiger partial charge in [0.25, 0.3) is 0 Å². The van der Waals surface area contributed by atoms with E-state index in [1.54, 1.807) is 0 Å². The van der Waals surface area contributed by atoms with Crippen molar-refractivity contribution in [1.29, 1.82) is 0 Å². The Balaban J connectivity index is 2.03. The first-order valence-electron chi connectivity index (χ1n) is 7.26. The van der Waals surface area contributed by atoms with Gasteiger partial charge in [-0.25, -0.2) is 0 Å². The summed E-state index contributed by atoms with van der Waals surface area (Å²) in [5, 5.41) is 1.40. The molecule has 1 unspecified atom stereocenters. The average Bonchev–Trinajstić information content (AvgIpc) is 2.72. The van der Waals surface area contributed by atoms with Crippen LogP contribution < -0.4 is 0 Å². The Bertz CT molecular complexity index is 722. The van der Waals surface area contributed by atoms with E-state index in [1.807, 2.05) is 0 Å². The Hall–Kier alpha value is -2.02. The Morgan fingerprint density at radius 3 is 2.35 bits per heavy atom. The number of hydrogen-bond acceptors (Lipinski definition) is 0. The van der Waals surface area contributed by atoms with Crippen LogP contribution in [-0.2, 0) is 13.5 Å². The average molecular weight is 263 g/mol. The van der Waals surface area contributed by atoms with E-state index in [4.69, 9.17) is 0 Å². The molecule has 0 spiro atoms. The number of rotatable bonds is 3. The summed E-state index contributed by atoms with van der Waals surface area (Å²) in [6.07, 6.45) is 1.09. The smallest absolute Gasteiger partial charge is 0.0482 e. The monoisotopic (exact) mass is 263 g/mol. The van der Waals surface area contributed by atoms with Gasteiger partial charge in [0.2, 0.25) is 0 Å². The molecule has 1 aromatic heterocycles. The predicted octanol–water partition coefficient (Wildman–Crippen LogP) is 4.83. The van der Waals surface area contributed by atoms with Crippen molar-refractivity contribution in [2.24, 2.45) is 7.05 Å². The Morgan fingerprint density at radius 2 is 1.60 bits per heavy atom.